The maximum Gasteiger partial charge on any atom is 0.336 e. The van der Waals surface area contributed by atoms with Crippen LogP contribution in [0.4, 0.5) is 5.95 Å². The van der Waals surface area contributed by atoms with Gasteiger partial charge in [0, 0.05) is 17.5 Å². The summed E-state index contributed by atoms with van der Waals surface area (Å²) in [5.41, 5.74) is 3.22. The van der Waals surface area contributed by atoms with Crippen molar-refractivity contribution in [3.05, 3.63) is 89.3 Å². The van der Waals surface area contributed by atoms with Crippen molar-refractivity contribution >= 4 is 33.9 Å². The molecule has 0 radical (unpaired) electrons. The molecule has 1 amide bonds. The number of hydrogen-bond donors (Lipinski definition) is 2. The number of rotatable bonds is 5. The molecular formula is C24H17N3O4. The Morgan fingerprint density at radius 3 is 2.65 bits per heavy atom. The quantitative estimate of drug-likeness (QED) is 0.419. The number of carbonyl (C=O) groups excluding carboxylic acids is 1. The van der Waals surface area contributed by atoms with Crippen LogP contribution in [0.2, 0.25) is 0 Å². The summed E-state index contributed by atoms with van der Waals surface area (Å²) >= 11 is 0. The normalized spacial score (nSPS) is 11.0. The fourth-order valence-corrected chi connectivity index (χ4v) is 3.42. The van der Waals surface area contributed by atoms with Crippen molar-refractivity contribution in [3.63, 3.8) is 0 Å². The number of nitrogens with one attached hydrogen (secondary N) is 2. The monoisotopic (exact) mass is 411 g/mol. The largest absolute Gasteiger partial charge is 0.484 e. The number of hydrogen-bond acceptors (Lipinski definition) is 5. The van der Waals surface area contributed by atoms with Crippen molar-refractivity contribution in [1.82, 2.24) is 9.97 Å². The topological polar surface area (TPSA) is 97.2 Å². The molecule has 2 heterocycles. The first-order valence-corrected chi connectivity index (χ1v) is 9.66. The Labute approximate surface area is 176 Å². The SMILES string of the molecule is O=C(COc1ccc2c(-c3ccccc3)cc(=O)oc2c1)Nc1nc2ccccc2[nH]1. The van der Waals surface area contributed by atoms with Crippen LogP contribution >= 0.6 is 0 Å². The summed E-state index contributed by atoms with van der Waals surface area (Å²) in [7, 11) is 0. The summed E-state index contributed by atoms with van der Waals surface area (Å²) in [6.07, 6.45) is 0. The van der Waals surface area contributed by atoms with Crippen LogP contribution in [0.25, 0.3) is 33.1 Å². The molecule has 7 heteroatoms. The van der Waals surface area contributed by atoms with Gasteiger partial charge in [-0.2, -0.15) is 0 Å². The molecule has 152 valence electrons. The van der Waals surface area contributed by atoms with Crippen LogP contribution in [-0.2, 0) is 4.79 Å². The number of nitrogens with zero attached hydrogens (tertiary/aromatic N) is 1. The Morgan fingerprint density at radius 2 is 1.81 bits per heavy atom. The number of aromatic amines is 1. The Kier molecular flexibility index (Phi) is 4.68. The zero-order chi connectivity index (χ0) is 21.2. The molecule has 2 aromatic heterocycles. The van der Waals surface area contributed by atoms with Crippen molar-refractivity contribution in [2.24, 2.45) is 0 Å². The van der Waals surface area contributed by atoms with Crippen LogP contribution in [0.1, 0.15) is 0 Å². The predicted molar refractivity (Wildman–Crippen MR) is 118 cm³/mol. The third-order valence-electron chi connectivity index (χ3n) is 4.82. The number of aromatic nitrogens is 2. The van der Waals surface area contributed by atoms with Crippen molar-refractivity contribution in [2.45, 2.75) is 0 Å². The highest BCUT2D eigenvalue weighted by atomic mass is 16.5. The van der Waals surface area contributed by atoms with E-state index in [1.165, 1.54) is 6.07 Å². The van der Waals surface area contributed by atoms with Crippen LogP contribution in [0.15, 0.2) is 88.1 Å². The standard InChI is InChI=1S/C24H17N3O4/c28-22(27-24-25-19-8-4-5-9-20(19)26-24)14-30-16-10-11-17-18(15-6-2-1-3-7-15)13-23(29)31-21(17)12-16/h1-13H,14H2,(H2,25,26,27,28). The number of para-hydroxylation sites is 2. The average Bonchev–Trinajstić information content (AvgIpc) is 3.19. The lowest BCUT2D eigenvalue weighted by atomic mass is 10.0. The molecule has 31 heavy (non-hydrogen) atoms. The summed E-state index contributed by atoms with van der Waals surface area (Å²) in [6, 6.07) is 23.7. The summed E-state index contributed by atoms with van der Waals surface area (Å²) < 4.78 is 10.9. The van der Waals surface area contributed by atoms with Gasteiger partial charge in [-0.05, 0) is 35.4 Å². The lowest BCUT2D eigenvalue weighted by Crippen LogP contribution is -2.20. The van der Waals surface area contributed by atoms with Gasteiger partial charge in [0.1, 0.15) is 11.3 Å². The second-order valence-corrected chi connectivity index (χ2v) is 6.94. The van der Waals surface area contributed by atoms with Crippen LogP contribution in [0.3, 0.4) is 0 Å². The zero-order valence-electron chi connectivity index (χ0n) is 16.3. The lowest BCUT2D eigenvalue weighted by Gasteiger charge is -2.09. The number of ether oxygens (including phenoxy) is 1. The molecule has 0 aliphatic carbocycles. The first-order valence-electron chi connectivity index (χ1n) is 9.66. The maximum absolute atomic E-state index is 12.2. The van der Waals surface area contributed by atoms with E-state index in [1.807, 2.05) is 60.7 Å². The van der Waals surface area contributed by atoms with Gasteiger partial charge < -0.3 is 14.1 Å². The highest BCUT2D eigenvalue weighted by Crippen LogP contribution is 2.29. The van der Waals surface area contributed by atoms with E-state index >= 15 is 0 Å². The first-order chi connectivity index (χ1) is 15.2. The van der Waals surface area contributed by atoms with Crippen LogP contribution < -0.4 is 15.7 Å². The van der Waals surface area contributed by atoms with E-state index in [2.05, 4.69) is 15.3 Å². The lowest BCUT2D eigenvalue weighted by molar-refractivity contribution is -0.118. The fraction of sp³-hybridized carbons (Fsp3) is 0.0417. The smallest absolute Gasteiger partial charge is 0.336 e. The third-order valence-corrected chi connectivity index (χ3v) is 4.82. The van der Waals surface area contributed by atoms with E-state index in [4.69, 9.17) is 9.15 Å². The minimum absolute atomic E-state index is 0.217. The molecular weight excluding hydrogens is 394 g/mol. The number of carbonyl (C=O) groups is 1. The van der Waals surface area contributed by atoms with E-state index in [0.29, 0.717) is 17.3 Å². The van der Waals surface area contributed by atoms with Gasteiger partial charge in [-0.25, -0.2) is 9.78 Å². The van der Waals surface area contributed by atoms with Crippen LogP contribution in [0, 0.1) is 0 Å². The van der Waals surface area contributed by atoms with E-state index < -0.39 is 5.63 Å². The molecule has 5 aromatic rings. The van der Waals surface area contributed by atoms with Gasteiger partial charge in [-0.3, -0.25) is 10.1 Å². The fourth-order valence-electron chi connectivity index (χ4n) is 3.42. The van der Waals surface area contributed by atoms with Crippen LogP contribution in [0.5, 0.6) is 5.75 Å². The molecule has 0 saturated heterocycles. The average molecular weight is 411 g/mol. The number of amides is 1. The number of H-pyrrole nitrogens is 1. The van der Waals surface area contributed by atoms with Gasteiger partial charge in [-0.15, -0.1) is 0 Å². The number of anilines is 1. The Bertz CT molecular complexity index is 1420. The second kappa shape index (κ2) is 7.79. The predicted octanol–water partition coefficient (Wildman–Crippen LogP) is 4.35. The third kappa shape index (κ3) is 3.89. The minimum atomic E-state index is -0.453. The van der Waals surface area contributed by atoms with Gasteiger partial charge in [0.15, 0.2) is 6.61 Å². The van der Waals surface area contributed by atoms with Gasteiger partial charge in [0.2, 0.25) is 5.95 Å². The van der Waals surface area contributed by atoms with E-state index in [-0.39, 0.29) is 12.5 Å². The van der Waals surface area contributed by atoms with Gasteiger partial charge in [0.25, 0.3) is 5.91 Å². The Hall–Kier alpha value is -4.39. The number of fused-ring (bicyclic) bond motifs is 2. The van der Waals surface area contributed by atoms with Gasteiger partial charge in [0.05, 0.1) is 11.0 Å². The van der Waals surface area contributed by atoms with Gasteiger partial charge >= 0.3 is 5.63 Å². The maximum atomic E-state index is 12.2. The highest BCUT2D eigenvalue weighted by molar-refractivity contribution is 5.94. The molecule has 0 aliphatic heterocycles. The minimum Gasteiger partial charge on any atom is -0.484 e. The van der Waals surface area contributed by atoms with Crippen molar-refractivity contribution in [1.29, 1.82) is 0 Å². The van der Waals surface area contributed by atoms with Crippen molar-refractivity contribution < 1.29 is 13.9 Å². The molecule has 2 N–H and O–H groups in total. The summed E-state index contributed by atoms with van der Waals surface area (Å²) in [5, 5.41) is 3.46. The Balaban J connectivity index is 1.33. The molecule has 0 unspecified atom stereocenters. The Morgan fingerprint density at radius 1 is 1.00 bits per heavy atom. The van der Waals surface area contributed by atoms with Crippen molar-refractivity contribution in [2.75, 3.05) is 11.9 Å². The molecule has 7 nitrogen and oxygen atoms in total. The summed E-state index contributed by atoms with van der Waals surface area (Å²) in [4.78, 5) is 31.6. The number of imidazole rings is 1. The van der Waals surface area contributed by atoms with Gasteiger partial charge in [-0.1, -0.05) is 42.5 Å². The van der Waals surface area contributed by atoms with Crippen LogP contribution in [-0.4, -0.2) is 22.5 Å². The van der Waals surface area contributed by atoms with E-state index in [0.717, 1.165) is 27.5 Å². The second-order valence-electron chi connectivity index (χ2n) is 6.94. The number of benzene rings is 3. The summed E-state index contributed by atoms with van der Waals surface area (Å²) in [6.45, 7) is -0.217. The van der Waals surface area contributed by atoms with Crippen molar-refractivity contribution in [3.8, 4) is 16.9 Å². The highest BCUT2D eigenvalue weighted by Gasteiger charge is 2.11. The van der Waals surface area contributed by atoms with E-state index in [9.17, 15) is 9.59 Å². The first kappa shape index (κ1) is 18.6. The van der Waals surface area contributed by atoms with E-state index in [1.54, 1.807) is 12.1 Å². The molecule has 0 atom stereocenters. The molecule has 3 aromatic carbocycles. The zero-order valence-corrected chi connectivity index (χ0v) is 16.3. The summed E-state index contributed by atoms with van der Waals surface area (Å²) in [5.74, 6) is 0.408. The molecule has 0 spiro atoms. The molecule has 0 aliphatic rings. The molecule has 5 rings (SSSR count). The molecule has 0 bridgehead atoms. The molecule has 0 saturated carbocycles. The molecule has 0 fully saturated rings.